The first-order valence-electron chi connectivity index (χ1n) is 15.2. The Morgan fingerprint density at radius 3 is 2.47 bits per heavy atom. The molecular weight excluding hydrogens is 658 g/mol. The zero-order valence-electron chi connectivity index (χ0n) is 25.4. The molecule has 10 heteroatoms. The first-order valence-corrected chi connectivity index (χ1v) is 16.0. The Kier molecular flexibility index (Phi) is 9.83. The van der Waals surface area contributed by atoms with Crippen molar-refractivity contribution in [3.05, 3.63) is 152 Å². The van der Waals surface area contributed by atoms with Crippen LogP contribution in [0.5, 0.6) is 5.75 Å². The molecule has 0 spiro atoms. The van der Waals surface area contributed by atoms with Gasteiger partial charge in [0.05, 0.1) is 6.61 Å². The quantitative estimate of drug-likeness (QED) is 0.0593. The van der Waals surface area contributed by atoms with Crippen molar-refractivity contribution in [1.29, 1.82) is 0 Å². The summed E-state index contributed by atoms with van der Waals surface area (Å²) >= 11 is 3.52. The Hall–Kier alpha value is -5.15. The third-order valence-corrected chi connectivity index (χ3v) is 8.65. The standard InChI is InChI=1S/C37H32BrN5O4/c38-30-17-13-26(14-18-30)34-37(23-28-8-2-4-12-33(28)42-43-39,36(45)40-24-29-10-5-9-25-7-1-3-11-32(25)29)41-35(47-34)27-15-19-31(20-16-27)46-22-6-21-44/h1-5,7-20,34,44H,6,21-24H2,(H,40,45)/t34-,37-/m1/s1. The van der Waals surface area contributed by atoms with Gasteiger partial charge in [-0.15, -0.1) is 0 Å². The fourth-order valence-electron chi connectivity index (χ4n) is 5.79. The van der Waals surface area contributed by atoms with E-state index in [4.69, 9.17) is 19.6 Å². The number of aliphatic hydroxyl groups excluding tert-OH is 1. The first-order chi connectivity index (χ1) is 23.0. The molecule has 1 aliphatic heterocycles. The summed E-state index contributed by atoms with van der Waals surface area (Å²) in [6.07, 6.45) is -0.172. The lowest BCUT2D eigenvalue weighted by molar-refractivity contribution is -0.129. The van der Waals surface area contributed by atoms with E-state index in [0.717, 1.165) is 26.4 Å². The Balaban J connectivity index is 1.44. The van der Waals surface area contributed by atoms with E-state index in [2.05, 4.69) is 31.3 Å². The van der Waals surface area contributed by atoms with Gasteiger partial charge in [-0.2, -0.15) is 0 Å². The summed E-state index contributed by atoms with van der Waals surface area (Å²) in [6.45, 7) is 0.717. The molecule has 47 heavy (non-hydrogen) atoms. The number of halogens is 1. The minimum Gasteiger partial charge on any atom is -0.494 e. The third kappa shape index (κ3) is 7.00. The van der Waals surface area contributed by atoms with Crippen LogP contribution < -0.4 is 10.1 Å². The van der Waals surface area contributed by atoms with Gasteiger partial charge in [0.1, 0.15) is 5.75 Å². The Bertz CT molecular complexity index is 1950. The topological polar surface area (TPSA) is 129 Å². The Morgan fingerprint density at radius 2 is 1.68 bits per heavy atom. The number of carbonyl (C=O) groups excluding carboxylic acids is 1. The van der Waals surface area contributed by atoms with Crippen molar-refractivity contribution in [3.8, 4) is 5.75 Å². The number of ether oxygens (including phenoxy) is 2. The summed E-state index contributed by atoms with van der Waals surface area (Å²) in [5.74, 6) is 0.627. The summed E-state index contributed by atoms with van der Waals surface area (Å²) in [4.78, 5) is 22.9. The zero-order chi connectivity index (χ0) is 32.6. The van der Waals surface area contributed by atoms with Gasteiger partial charge in [-0.3, -0.25) is 4.79 Å². The summed E-state index contributed by atoms with van der Waals surface area (Å²) in [5, 5.41) is 18.3. The second-order valence-electron chi connectivity index (χ2n) is 11.2. The van der Waals surface area contributed by atoms with Gasteiger partial charge < -0.3 is 19.9 Å². The third-order valence-electron chi connectivity index (χ3n) is 8.13. The average Bonchev–Trinajstić information content (AvgIpc) is 3.49. The molecule has 236 valence electrons. The second-order valence-corrected chi connectivity index (χ2v) is 12.1. The van der Waals surface area contributed by atoms with Gasteiger partial charge in [0.15, 0.2) is 11.6 Å². The van der Waals surface area contributed by atoms with Crippen LogP contribution in [0, 0.1) is 0 Å². The fraction of sp³-hybridized carbons (Fsp3) is 0.189. The van der Waals surface area contributed by atoms with Crippen LogP contribution in [0.25, 0.3) is 21.2 Å². The first kappa shape index (κ1) is 31.8. The van der Waals surface area contributed by atoms with E-state index < -0.39 is 11.6 Å². The number of azide groups is 1. The molecule has 2 atom stereocenters. The lowest BCUT2D eigenvalue weighted by Gasteiger charge is -2.31. The van der Waals surface area contributed by atoms with Crippen molar-refractivity contribution in [2.45, 2.75) is 31.0 Å². The number of rotatable bonds is 12. The maximum Gasteiger partial charge on any atom is 0.252 e. The SMILES string of the molecule is [N-]=[N+]=Nc1ccccc1C[C@@]1(C(=O)NCc2cccc3ccccc23)N=C(c2ccc(OCCCO)cc2)O[C@@H]1c1ccc(Br)cc1. The van der Waals surface area contributed by atoms with E-state index in [1.807, 2.05) is 103 Å². The van der Waals surface area contributed by atoms with E-state index in [9.17, 15) is 10.3 Å². The minimum absolute atomic E-state index is 0.0492. The van der Waals surface area contributed by atoms with E-state index in [-0.39, 0.29) is 25.5 Å². The van der Waals surface area contributed by atoms with Crippen LogP contribution in [0.4, 0.5) is 5.69 Å². The number of fused-ring (bicyclic) bond motifs is 1. The number of aliphatic imine (C=N–C) groups is 1. The number of benzene rings is 5. The van der Waals surface area contributed by atoms with Gasteiger partial charge in [-0.05, 0) is 69.4 Å². The molecule has 0 aliphatic carbocycles. The molecule has 1 aliphatic rings. The van der Waals surface area contributed by atoms with E-state index in [1.165, 1.54) is 0 Å². The monoisotopic (exact) mass is 689 g/mol. The fourth-order valence-corrected chi connectivity index (χ4v) is 6.06. The second kappa shape index (κ2) is 14.5. The van der Waals surface area contributed by atoms with Gasteiger partial charge >= 0.3 is 0 Å². The van der Waals surface area contributed by atoms with Crippen LogP contribution in [0.15, 0.2) is 130 Å². The number of nitrogens with one attached hydrogen (secondary N) is 1. The van der Waals surface area contributed by atoms with Gasteiger partial charge in [0, 0.05) is 46.6 Å². The zero-order valence-corrected chi connectivity index (χ0v) is 27.0. The average molecular weight is 691 g/mol. The summed E-state index contributed by atoms with van der Waals surface area (Å²) < 4.78 is 13.2. The van der Waals surface area contributed by atoms with Crippen molar-refractivity contribution >= 4 is 44.2 Å². The highest BCUT2D eigenvalue weighted by molar-refractivity contribution is 9.10. The van der Waals surface area contributed by atoms with Crippen LogP contribution in [0.1, 0.15) is 34.8 Å². The Morgan fingerprint density at radius 1 is 0.957 bits per heavy atom. The molecule has 0 aromatic heterocycles. The smallest absolute Gasteiger partial charge is 0.252 e. The number of nitrogens with zero attached hydrogens (tertiary/aromatic N) is 4. The van der Waals surface area contributed by atoms with Crippen molar-refractivity contribution in [2.75, 3.05) is 13.2 Å². The lowest BCUT2D eigenvalue weighted by atomic mass is 9.81. The summed E-state index contributed by atoms with van der Waals surface area (Å²) in [6, 6.07) is 36.2. The van der Waals surface area contributed by atoms with E-state index >= 15 is 0 Å². The maximum atomic E-state index is 14.7. The Labute approximate surface area is 280 Å². The minimum atomic E-state index is -1.47. The molecule has 0 bridgehead atoms. The van der Waals surface area contributed by atoms with Gasteiger partial charge in [0.25, 0.3) is 5.91 Å². The predicted octanol–water partition coefficient (Wildman–Crippen LogP) is 8.12. The largest absolute Gasteiger partial charge is 0.494 e. The lowest BCUT2D eigenvalue weighted by Crippen LogP contribution is -2.49. The molecule has 5 aromatic rings. The molecule has 0 saturated carbocycles. The number of aliphatic hydroxyl groups is 1. The van der Waals surface area contributed by atoms with E-state index in [1.54, 1.807) is 12.1 Å². The predicted molar refractivity (Wildman–Crippen MR) is 186 cm³/mol. The highest BCUT2D eigenvalue weighted by Gasteiger charge is 2.53. The van der Waals surface area contributed by atoms with Gasteiger partial charge in [-0.1, -0.05) is 99.9 Å². The molecule has 0 radical (unpaired) electrons. The molecule has 0 unspecified atom stereocenters. The van der Waals surface area contributed by atoms with Gasteiger partial charge in [0.2, 0.25) is 5.90 Å². The summed E-state index contributed by atoms with van der Waals surface area (Å²) in [5.41, 5.74) is 11.3. The molecule has 5 aromatic carbocycles. The highest BCUT2D eigenvalue weighted by Crippen LogP contribution is 2.44. The van der Waals surface area contributed by atoms with Crippen molar-refractivity contribution in [2.24, 2.45) is 10.1 Å². The number of hydrogen-bond acceptors (Lipinski definition) is 6. The number of amides is 1. The van der Waals surface area contributed by atoms with Crippen LogP contribution in [0.3, 0.4) is 0 Å². The van der Waals surface area contributed by atoms with Crippen LogP contribution in [0.2, 0.25) is 0 Å². The van der Waals surface area contributed by atoms with Crippen LogP contribution >= 0.6 is 15.9 Å². The number of carbonyl (C=O) groups is 1. The molecule has 1 amide bonds. The molecule has 9 nitrogen and oxygen atoms in total. The van der Waals surface area contributed by atoms with Crippen molar-refractivity contribution in [1.82, 2.24) is 5.32 Å². The maximum absolute atomic E-state index is 14.7. The molecule has 1 heterocycles. The molecule has 6 rings (SSSR count). The van der Waals surface area contributed by atoms with Crippen molar-refractivity contribution < 1.29 is 19.4 Å². The molecular formula is C37H32BrN5O4. The molecule has 0 saturated heterocycles. The highest BCUT2D eigenvalue weighted by atomic mass is 79.9. The van der Waals surface area contributed by atoms with Crippen LogP contribution in [-0.4, -0.2) is 35.7 Å². The van der Waals surface area contributed by atoms with Crippen molar-refractivity contribution in [3.63, 3.8) is 0 Å². The molecule has 0 fully saturated rings. The number of hydrogen-bond donors (Lipinski definition) is 2. The van der Waals surface area contributed by atoms with Crippen LogP contribution in [-0.2, 0) is 22.5 Å². The normalized spacial score (nSPS) is 17.0. The van der Waals surface area contributed by atoms with E-state index in [0.29, 0.717) is 41.5 Å². The molecule has 2 N–H and O–H groups in total. The summed E-state index contributed by atoms with van der Waals surface area (Å²) in [7, 11) is 0. The van der Waals surface area contributed by atoms with Gasteiger partial charge in [-0.25, -0.2) is 4.99 Å².